The number of aliphatic hydroxyl groups excluding tert-OH is 1. The van der Waals surface area contributed by atoms with Crippen LogP contribution in [0.2, 0.25) is 0 Å². The van der Waals surface area contributed by atoms with Crippen molar-refractivity contribution in [1.29, 1.82) is 0 Å². The van der Waals surface area contributed by atoms with Gasteiger partial charge in [-0.05, 0) is 37.0 Å². The topological polar surface area (TPSA) is 66.8 Å². The monoisotopic (exact) mass is 280 g/mol. The van der Waals surface area contributed by atoms with Crippen molar-refractivity contribution in [2.24, 2.45) is 5.41 Å². The van der Waals surface area contributed by atoms with Crippen LogP contribution in [0.25, 0.3) is 0 Å². The number of esters is 1. The van der Waals surface area contributed by atoms with E-state index < -0.39 is 23.1 Å². The second kappa shape index (κ2) is 5.94. The molecule has 0 aliphatic heterocycles. The Kier molecular flexibility index (Phi) is 4.95. The summed E-state index contributed by atoms with van der Waals surface area (Å²) in [5.74, 6) is -0.434. The predicted octanol–water partition coefficient (Wildman–Crippen LogP) is 2.13. The summed E-state index contributed by atoms with van der Waals surface area (Å²) < 4.78 is 4.55. The summed E-state index contributed by atoms with van der Waals surface area (Å²) in [4.78, 5) is 11.1. The molecule has 0 aromatic heterocycles. The average molecular weight is 280 g/mol. The fourth-order valence-electron chi connectivity index (χ4n) is 2.62. The van der Waals surface area contributed by atoms with E-state index in [1.54, 1.807) is 19.1 Å². The van der Waals surface area contributed by atoms with Gasteiger partial charge in [0.2, 0.25) is 0 Å². The highest BCUT2D eigenvalue weighted by atomic mass is 16.5. The van der Waals surface area contributed by atoms with E-state index in [-0.39, 0.29) is 0 Å². The van der Waals surface area contributed by atoms with Crippen molar-refractivity contribution >= 4 is 5.97 Å². The number of aliphatic hydroxyl groups is 2. The van der Waals surface area contributed by atoms with Crippen LogP contribution in [0.15, 0.2) is 36.0 Å². The van der Waals surface area contributed by atoms with E-state index >= 15 is 0 Å². The molecule has 4 nitrogen and oxygen atoms in total. The molecule has 0 amide bonds. The van der Waals surface area contributed by atoms with Crippen molar-refractivity contribution in [3.63, 3.8) is 0 Å². The molecule has 0 aromatic rings. The van der Waals surface area contributed by atoms with Gasteiger partial charge in [0.15, 0.2) is 0 Å². The van der Waals surface area contributed by atoms with Gasteiger partial charge in [0.05, 0.1) is 13.2 Å². The van der Waals surface area contributed by atoms with Crippen LogP contribution in [-0.4, -0.2) is 35.0 Å². The molecule has 2 N–H and O–H groups in total. The van der Waals surface area contributed by atoms with E-state index in [0.29, 0.717) is 24.0 Å². The van der Waals surface area contributed by atoms with E-state index in [1.807, 2.05) is 13.8 Å². The van der Waals surface area contributed by atoms with Crippen molar-refractivity contribution in [1.82, 2.24) is 0 Å². The third kappa shape index (κ3) is 3.38. The minimum atomic E-state index is -1.20. The van der Waals surface area contributed by atoms with Gasteiger partial charge < -0.3 is 14.9 Å². The number of carbonyl (C=O) groups excluding carboxylic acids is 1. The molecule has 1 aliphatic carbocycles. The van der Waals surface area contributed by atoms with Gasteiger partial charge in [-0.3, -0.25) is 0 Å². The molecule has 0 bridgehead atoms. The molecule has 2 atom stereocenters. The molecule has 0 spiro atoms. The first-order valence-corrected chi connectivity index (χ1v) is 6.66. The third-order valence-corrected chi connectivity index (χ3v) is 3.93. The molecule has 112 valence electrons. The Hall–Kier alpha value is -1.39. The second-order valence-electron chi connectivity index (χ2n) is 6.06. The fourth-order valence-corrected chi connectivity index (χ4v) is 2.62. The predicted molar refractivity (Wildman–Crippen MR) is 78.0 cm³/mol. The van der Waals surface area contributed by atoms with E-state index in [0.717, 1.165) is 0 Å². The highest BCUT2D eigenvalue weighted by molar-refractivity contribution is 5.83. The first-order valence-electron chi connectivity index (χ1n) is 6.66. The van der Waals surface area contributed by atoms with E-state index in [1.165, 1.54) is 13.2 Å². The molecule has 0 unspecified atom stereocenters. The molecule has 20 heavy (non-hydrogen) atoms. The number of ether oxygens (including phenoxy) is 1. The molecule has 0 saturated heterocycles. The molecule has 0 radical (unpaired) electrons. The summed E-state index contributed by atoms with van der Waals surface area (Å²) in [6, 6.07) is 0. The Morgan fingerprint density at radius 3 is 2.60 bits per heavy atom. The highest BCUT2D eigenvalue weighted by Crippen LogP contribution is 2.47. The summed E-state index contributed by atoms with van der Waals surface area (Å²) in [6.07, 6.45) is 5.08. The minimum Gasteiger partial charge on any atom is -0.466 e. The maximum atomic E-state index is 11.1. The normalized spacial score (nSPS) is 30.6. The van der Waals surface area contributed by atoms with Gasteiger partial charge in [-0.1, -0.05) is 26.5 Å². The molecule has 1 saturated carbocycles. The van der Waals surface area contributed by atoms with Gasteiger partial charge in [0, 0.05) is 11.5 Å². The largest absolute Gasteiger partial charge is 0.466 e. The molecular formula is C16H24O4. The number of methoxy groups -OCH3 is 1. The standard InChI is InChI=1S/C16H24O4/c1-11(8-14(18)20-5)6-7-16(19)12(2)9-13(17)10-15(16,3)4/h6-8,13,17,19H,2,9-10H2,1,3-5H3/b7-6+,11-8-/t13-,16-/m1/s1. The Bertz CT molecular complexity index is 459. The second-order valence-corrected chi connectivity index (χ2v) is 6.06. The Labute approximate surface area is 120 Å². The zero-order valence-electron chi connectivity index (χ0n) is 12.6. The van der Waals surface area contributed by atoms with Crippen LogP contribution in [0, 0.1) is 5.41 Å². The Morgan fingerprint density at radius 2 is 2.10 bits per heavy atom. The molecular weight excluding hydrogens is 256 g/mol. The van der Waals surface area contributed by atoms with Gasteiger partial charge in [0.1, 0.15) is 5.60 Å². The first-order chi connectivity index (χ1) is 9.12. The average Bonchev–Trinajstić information content (AvgIpc) is 2.32. The zero-order chi connectivity index (χ0) is 15.6. The SMILES string of the molecule is C=C1C[C@@H](O)CC(C)(C)[C@@]1(O)/C=C/C(C)=C\C(=O)OC. The molecule has 1 rings (SSSR count). The summed E-state index contributed by atoms with van der Waals surface area (Å²) in [7, 11) is 1.32. The van der Waals surface area contributed by atoms with Crippen molar-refractivity contribution in [3.8, 4) is 0 Å². The maximum absolute atomic E-state index is 11.1. The Morgan fingerprint density at radius 1 is 1.50 bits per heavy atom. The molecule has 4 heteroatoms. The lowest BCUT2D eigenvalue weighted by Gasteiger charge is -2.47. The number of hydrogen-bond donors (Lipinski definition) is 2. The zero-order valence-corrected chi connectivity index (χ0v) is 12.6. The number of allylic oxidation sites excluding steroid dienone is 2. The minimum absolute atomic E-state index is 0.379. The van der Waals surface area contributed by atoms with Crippen molar-refractivity contribution in [2.75, 3.05) is 7.11 Å². The molecule has 0 heterocycles. The van der Waals surface area contributed by atoms with E-state index in [9.17, 15) is 15.0 Å². The van der Waals surface area contributed by atoms with E-state index in [4.69, 9.17) is 0 Å². The highest BCUT2D eigenvalue weighted by Gasteiger charge is 2.48. The van der Waals surface area contributed by atoms with Crippen LogP contribution < -0.4 is 0 Å². The summed E-state index contributed by atoms with van der Waals surface area (Å²) in [6.45, 7) is 9.44. The molecule has 0 aromatic carbocycles. The van der Waals surface area contributed by atoms with Gasteiger partial charge in [-0.15, -0.1) is 0 Å². The Balaban J connectivity index is 3.01. The lowest BCUT2D eigenvalue weighted by molar-refractivity contribution is -0.134. The van der Waals surface area contributed by atoms with Gasteiger partial charge in [-0.25, -0.2) is 4.79 Å². The number of rotatable bonds is 3. The van der Waals surface area contributed by atoms with Crippen LogP contribution in [-0.2, 0) is 9.53 Å². The number of hydrogen-bond acceptors (Lipinski definition) is 4. The smallest absolute Gasteiger partial charge is 0.330 e. The molecule has 1 fully saturated rings. The third-order valence-electron chi connectivity index (χ3n) is 3.93. The van der Waals surface area contributed by atoms with Gasteiger partial charge in [-0.2, -0.15) is 0 Å². The van der Waals surface area contributed by atoms with Crippen LogP contribution in [0.3, 0.4) is 0 Å². The lowest BCUT2D eigenvalue weighted by Crippen LogP contribution is -2.50. The fraction of sp³-hybridized carbons (Fsp3) is 0.562. The van der Waals surface area contributed by atoms with Gasteiger partial charge in [0.25, 0.3) is 0 Å². The van der Waals surface area contributed by atoms with Crippen LogP contribution in [0.5, 0.6) is 0 Å². The van der Waals surface area contributed by atoms with Crippen LogP contribution in [0.1, 0.15) is 33.6 Å². The van der Waals surface area contributed by atoms with Crippen molar-refractivity contribution < 1.29 is 19.7 Å². The van der Waals surface area contributed by atoms with Crippen LogP contribution in [0.4, 0.5) is 0 Å². The summed E-state index contributed by atoms with van der Waals surface area (Å²) >= 11 is 0. The molecule has 1 aliphatic rings. The van der Waals surface area contributed by atoms with Gasteiger partial charge >= 0.3 is 5.97 Å². The quantitative estimate of drug-likeness (QED) is 0.360. The van der Waals surface area contributed by atoms with Crippen LogP contribution >= 0.6 is 0 Å². The van der Waals surface area contributed by atoms with Crippen molar-refractivity contribution in [2.45, 2.75) is 45.3 Å². The number of carbonyl (C=O) groups is 1. The summed E-state index contributed by atoms with van der Waals surface area (Å²) in [5, 5.41) is 20.7. The first kappa shape index (κ1) is 16.7. The lowest BCUT2D eigenvalue weighted by atomic mass is 9.62. The van der Waals surface area contributed by atoms with Crippen molar-refractivity contribution in [3.05, 3.63) is 36.0 Å². The maximum Gasteiger partial charge on any atom is 0.330 e. The van der Waals surface area contributed by atoms with E-state index in [2.05, 4.69) is 11.3 Å². The summed E-state index contributed by atoms with van der Waals surface area (Å²) in [5.41, 5.74) is -0.454.